The van der Waals surface area contributed by atoms with E-state index >= 15 is 0 Å². The number of anilines is 1. The highest BCUT2D eigenvalue weighted by Gasteiger charge is 2.21. The number of nitrogens with two attached hydrogens (primary N) is 1. The van der Waals surface area contributed by atoms with Gasteiger partial charge < -0.3 is 34.4 Å². The molecule has 0 spiro atoms. The van der Waals surface area contributed by atoms with Crippen molar-refractivity contribution in [2.45, 2.75) is 12.5 Å². The lowest BCUT2D eigenvalue weighted by Crippen LogP contribution is -2.37. The molecule has 3 aromatic carbocycles. The minimum atomic E-state index is -0.847. The maximum Gasteiger partial charge on any atom is 0.241 e. The van der Waals surface area contributed by atoms with E-state index in [4.69, 9.17) is 29.1 Å². The van der Waals surface area contributed by atoms with E-state index in [1.165, 1.54) is 14.2 Å². The number of methoxy groups -OCH3 is 4. The number of ether oxygens (including phenoxy) is 4. The van der Waals surface area contributed by atoms with Gasteiger partial charge in [-0.1, -0.05) is 23.4 Å². The quantitative estimate of drug-likeness (QED) is 0.265. The highest BCUT2D eigenvalue weighted by Crippen LogP contribution is 2.40. The Morgan fingerprint density at radius 2 is 1.68 bits per heavy atom. The number of carbonyl (C=O) groups excluding carboxylic acids is 1. The van der Waals surface area contributed by atoms with E-state index < -0.39 is 6.04 Å². The second-order valence-electron chi connectivity index (χ2n) is 8.88. The van der Waals surface area contributed by atoms with Gasteiger partial charge in [-0.3, -0.25) is 4.79 Å². The van der Waals surface area contributed by atoms with E-state index in [0.717, 1.165) is 16.5 Å². The third kappa shape index (κ3) is 5.14. The molecule has 11 nitrogen and oxygen atoms in total. The summed E-state index contributed by atoms with van der Waals surface area (Å²) in [6.07, 6.45) is 1.85. The summed E-state index contributed by atoms with van der Waals surface area (Å²) in [7, 11) is 6.15. The Balaban J connectivity index is 1.42. The molecule has 0 fully saturated rings. The average Bonchev–Trinajstić information content (AvgIpc) is 3.63. The van der Waals surface area contributed by atoms with Crippen LogP contribution in [0.1, 0.15) is 5.76 Å². The molecule has 3 N–H and O–H groups in total. The third-order valence-corrected chi connectivity index (χ3v) is 6.43. The molecule has 1 amide bonds. The standard InChI is InChI=1S/C29H29N5O6/c1-36-25-10-9-17(23-16-31-33-34(23)19-13-26(37-2)28(39-4)27(14-19)38-3)12-22(25)32-29(35)21(30)15-20-11-18-7-5-6-8-24(18)40-20/h5-14,16,21H,15,30H2,1-4H3,(H,32,35). The van der Waals surface area contributed by atoms with Crippen LogP contribution in [0.5, 0.6) is 23.0 Å². The molecule has 0 saturated carbocycles. The van der Waals surface area contributed by atoms with Crippen LogP contribution in [-0.4, -0.2) is 55.4 Å². The van der Waals surface area contributed by atoms with Crippen LogP contribution >= 0.6 is 0 Å². The molecule has 0 aliphatic heterocycles. The predicted molar refractivity (Wildman–Crippen MR) is 150 cm³/mol. The number of para-hydroxylation sites is 1. The van der Waals surface area contributed by atoms with E-state index in [1.54, 1.807) is 49.4 Å². The predicted octanol–water partition coefficient (Wildman–Crippen LogP) is 4.22. The highest BCUT2D eigenvalue weighted by molar-refractivity contribution is 5.97. The molecule has 11 heteroatoms. The fourth-order valence-electron chi connectivity index (χ4n) is 4.45. The lowest BCUT2D eigenvalue weighted by Gasteiger charge is -2.16. The molecule has 0 aliphatic rings. The smallest absolute Gasteiger partial charge is 0.241 e. The zero-order valence-electron chi connectivity index (χ0n) is 22.5. The van der Waals surface area contributed by atoms with Crippen molar-refractivity contribution in [3.8, 4) is 39.9 Å². The molecule has 40 heavy (non-hydrogen) atoms. The van der Waals surface area contributed by atoms with Gasteiger partial charge in [-0.2, -0.15) is 0 Å². The zero-order valence-corrected chi connectivity index (χ0v) is 22.5. The van der Waals surface area contributed by atoms with Crippen LogP contribution in [-0.2, 0) is 11.2 Å². The molecule has 1 unspecified atom stereocenters. The molecule has 1 atom stereocenters. The number of nitrogens with zero attached hydrogens (tertiary/aromatic N) is 3. The van der Waals surface area contributed by atoms with E-state index in [2.05, 4.69) is 15.6 Å². The zero-order chi connectivity index (χ0) is 28.2. The first-order valence-corrected chi connectivity index (χ1v) is 12.4. The van der Waals surface area contributed by atoms with E-state index in [1.807, 2.05) is 36.4 Å². The van der Waals surface area contributed by atoms with Gasteiger partial charge in [0.2, 0.25) is 11.7 Å². The molecule has 5 rings (SSSR count). The van der Waals surface area contributed by atoms with Gasteiger partial charge in [-0.15, -0.1) is 5.10 Å². The number of furan rings is 1. The molecule has 0 saturated heterocycles. The number of amides is 1. The van der Waals surface area contributed by atoms with Gasteiger partial charge in [-0.05, 0) is 30.3 Å². The Morgan fingerprint density at radius 1 is 0.950 bits per heavy atom. The van der Waals surface area contributed by atoms with Crippen LogP contribution in [0.25, 0.3) is 27.9 Å². The van der Waals surface area contributed by atoms with Crippen LogP contribution in [0.4, 0.5) is 5.69 Å². The summed E-state index contributed by atoms with van der Waals surface area (Å²) in [6, 6.07) is 17.6. The third-order valence-electron chi connectivity index (χ3n) is 6.43. The molecule has 0 radical (unpaired) electrons. The van der Waals surface area contributed by atoms with Crippen LogP contribution in [0.3, 0.4) is 0 Å². The summed E-state index contributed by atoms with van der Waals surface area (Å²) < 4.78 is 29.4. The largest absolute Gasteiger partial charge is 0.495 e. The van der Waals surface area contributed by atoms with E-state index in [-0.39, 0.29) is 12.3 Å². The van der Waals surface area contributed by atoms with Crippen LogP contribution in [0.15, 0.2) is 71.3 Å². The van der Waals surface area contributed by atoms with Gasteiger partial charge in [0.25, 0.3) is 0 Å². The average molecular weight is 544 g/mol. The second-order valence-corrected chi connectivity index (χ2v) is 8.88. The number of hydrogen-bond donors (Lipinski definition) is 2. The van der Waals surface area contributed by atoms with Crippen molar-refractivity contribution in [3.05, 3.63) is 72.6 Å². The second kappa shape index (κ2) is 11.4. The van der Waals surface area contributed by atoms with E-state index in [9.17, 15) is 4.79 Å². The summed E-state index contributed by atoms with van der Waals surface area (Å²) in [5.74, 6) is 2.12. The summed E-state index contributed by atoms with van der Waals surface area (Å²) in [5, 5.41) is 12.2. The first-order chi connectivity index (χ1) is 19.4. The minimum Gasteiger partial charge on any atom is -0.495 e. The number of fused-ring (bicyclic) bond motifs is 1. The number of carbonyl (C=O) groups is 1. The maximum atomic E-state index is 13.1. The first-order valence-electron chi connectivity index (χ1n) is 12.4. The Kier molecular flexibility index (Phi) is 7.56. The number of aromatic nitrogens is 3. The molecule has 2 aromatic heterocycles. The number of benzene rings is 3. The summed E-state index contributed by atoms with van der Waals surface area (Å²) in [4.78, 5) is 13.1. The molecular weight excluding hydrogens is 514 g/mol. The number of nitrogens with one attached hydrogen (secondary N) is 1. The molecule has 0 bridgehead atoms. The topological polar surface area (TPSA) is 136 Å². The van der Waals surface area contributed by atoms with Crippen LogP contribution < -0.4 is 30.0 Å². The Bertz CT molecular complexity index is 1600. The maximum absolute atomic E-state index is 13.1. The highest BCUT2D eigenvalue weighted by atomic mass is 16.5. The Labute approximate surface area is 230 Å². The van der Waals surface area contributed by atoms with Crippen LogP contribution in [0.2, 0.25) is 0 Å². The van der Waals surface area contributed by atoms with Crippen molar-refractivity contribution in [1.82, 2.24) is 15.0 Å². The molecule has 5 aromatic rings. The SMILES string of the molecule is COc1ccc(-c2cnnn2-c2cc(OC)c(OC)c(OC)c2)cc1NC(=O)C(N)Cc1cc2ccccc2o1. The lowest BCUT2D eigenvalue weighted by atomic mass is 10.1. The van der Waals surface area contributed by atoms with E-state index in [0.29, 0.717) is 45.8 Å². The first kappa shape index (κ1) is 26.6. The van der Waals surface area contributed by atoms with Crippen molar-refractivity contribution < 1.29 is 28.2 Å². The fraction of sp³-hybridized carbons (Fsp3) is 0.207. The van der Waals surface area contributed by atoms with Crippen molar-refractivity contribution in [3.63, 3.8) is 0 Å². The molecule has 0 aliphatic carbocycles. The van der Waals surface area contributed by atoms with Gasteiger partial charge in [0.05, 0.1) is 57.7 Å². The summed E-state index contributed by atoms with van der Waals surface area (Å²) >= 11 is 0. The summed E-state index contributed by atoms with van der Waals surface area (Å²) in [5.41, 5.74) is 9.45. The van der Waals surface area contributed by atoms with Gasteiger partial charge >= 0.3 is 0 Å². The number of rotatable bonds is 10. The summed E-state index contributed by atoms with van der Waals surface area (Å²) in [6.45, 7) is 0. The van der Waals surface area contributed by atoms with Crippen molar-refractivity contribution in [2.75, 3.05) is 33.8 Å². The van der Waals surface area contributed by atoms with Gasteiger partial charge in [-0.25, -0.2) is 4.68 Å². The molecule has 206 valence electrons. The number of hydrogen-bond acceptors (Lipinski definition) is 9. The van der Waals surface area contributed by atoms with Crippen molar-refractivity contribution in [1.29, 1.82) is 0 Å². The molecule has 2 heterocycles. The van der Waals surface area contributed by atoms with Crippen LogP contribution in [0, 0.1) is 0 Å². The van der Waals surface area contributed by atoms with Crippen molar-refractivity contribution >= 4 is 22.6 Å². The fourth-order valence-corrected chi connectivity index (χ4v) is 4.45. The van der Waals surface area contributed by atoms with Gasteiger partial charge in [0.15, 0.2) is 11.5 Å². The normalized spacial score (nSPS) is 11.7. The van der Waals surface area contributed by atoms with Gasteiger partial charge in [0, 0.05) is 29.5 Å². The Morgan fingerprint density at radius 3 is 2.35 bits per heavy atom. The minimum absolute atomic E-state index is 0.236. The Hall–Kier alpha value is -5.03. The monoisotopic (exact) mass is 543 g/mol. The lowest BCUT2D eigenvalue weighted by molar-refractivity contribution is -0.117. The van der Waals surface area contributed by atoms with Gasteiger partial charge in [0.1, 0.15) is 17.1 Å². The molecular formula is C29H29N5O6. The van der Waals surface area contributed by atoms with Crippen molar-refractivity contribution in [2.24, 2.45) is 5.73 Å².